The zero-order chi connectivity index (χ0) is 11.3. The average molecular weight is 210 g/mol. The Morgan fingerprint density at radius 1 is 1.07 bits per heavy atom. The number of hydrogen-bond donors (Lipinski definition) is 0. The molecule has 1 spiro atoms. The van der Waals surface area contributed by atoms with Gasteiger partial charge in [0.1, 0.15) is 0 Å². The smallest absolute Gasteiger partial charge is 0.0366 e. The Balaban J connectivity index is 2.05. The Hall–Kier alpha value is -0.0800. The zero-order valence-corrected chi connectivity index (χ0v) is 11.0. The van der Waals surface area contributed by atoms with Crippen molar-refractivity contribution in [1.29, 1.82) is 0 Å². The van der Waals surface area contributed by atoms with E-state index in [0.717, 1.165) is 0 Å². The van der Waals surface area contributed by atoms with E-state index in [1.165, 1.54) is 32.5 Å². The molecule has 0 N–H and O–H groups in total. The van der Waals surface area contributed by atoms with E-state index in [1.54, 1.807) is 0 Å². The number of likely N-dealkylation sites (tertiary alicyclic amines) is 2. The molecule has 2 heterocycles. The van der Waals surface area contributed by atoms with Gasteiger partial charge in [-0.3, -0.25) is 9.80 Å². The molecule has 0 aliphatic carbocycles. The molecule has 0 aromatic rings. The Morgan fingerprint density at radius 3 is 2.00 bits per heavy atom. The summed E-state index contributed by atoms with van der Waals surface area (Å²) in [4.78, 5) is 5.36. The molecule has 15 heavy (non-hydrogen) atoms. The van der Waals surface area contributed by atoms with Gasteiger partial charge in [-0.05, 0) is 47.5 Å². The van der Waals surface area contributed by atoms with Gasteiger partial charge in [-0.2, -0.15) is 0 Å². The molecule has 0 bridgehead atoms. The van der Waals surface area contributed by atoms with Crippen LogP contribution in [0.15, 0.2) is 0 Å². The summed E-state index contributed by atoms with van der Waals surface area (Å²) >= 11 is 0. The predicted molar refractivity (Wildman–Crippen MR) is 65.1 cm³/mol. The monoisotopic (exact) mass is 210 g/mol. The Labute approximate surface area is 94.6 Å². The molecule has 2 rings (SSSR count). The summed E-state index contributed by atoms with van der Waals surface area (Å²) in [5.74, 6) is 0. The molecule has 1 atom stereocenters. The van der Waals surface area contributed by atoms with Crippen LogP contribution >= 0.6 is 0 Å². The van der Waals surface area contributed by atoms with E-state index >= 15 is 0 Å². The maximum Gasteiger partial charge on any atom is 0.0366 e. The summed E-state index contributed by atoms with van der Waals surface area (Å²) < 4.78 is 0. The van der Waals surface area contributed by atoms with Crippen molar-refractivity contribution in [1.82, 2.24) is 9.80 Å². The van der Waals surface area contributed by atoms with Gasteiger partial charge in [0, 0.05) is 36.8 Å². The number of nitrogens with zero attached hydrogens (tertiary/aromatic N) is 2. The summed E-state index contributed by atoms with van der Waals surface area (Å²) in [5, 5.41) is 0. The first kappa shape index (κ1) is 11.4. The fourth-order valence-electron chi connectivity index (χ4n) is 3.34. The average Bonchev–Trinajstić information content (AvgIpc) is 2.44. The normalized spacial score (nSPS) is 34.0. The second-order valence-electron chi connectivity index (χ2n) is 6.61. The van der Waals surface area contributed by atoms with E-state index in [4.69, 9.17) is 0 Å². The topological polar surface area (TPSA) is 6.48 Å². The summed E-state index contributed by atoms with van der Waals surface area (Å²) in [6, 6.07) is 0.715. The minimum Gasteiger partial charge on any atom is -0.299 e. The summed E-state index contributed by atoms with van der Waals surface area (Å²) in [5.41, 5.74) is 0.883. The molecular formula is C13H26N2. The van der Waals surface area contributed by atoms with Crippen molar-refractivity contribution in [3.63, 3.8) is 0 Å². The lowest BCUT2D eigenvalue weighted by Crippen LogP contribution is -2.67. The van der Waals surface area contributed by atoms with Gasteiger partial charge in [-0.1, -0.05) is 0 Å². The van der Waals surface area contributed by atoms with E-state index in [2.05, 4.69) is 44.4 Å². The first-order valence-corrected chi connectivity index (χ1v) is 6.37. The van der Waals surface area contributed by atoms with Crippen LogP contribution in [0.4, 0.5) is 0 Å². The van der Waals surface area contributed by atoms with Gasteiger partial charge in [0.2, 0.25) is 0 Å². The molecule has 0 radical (unpaired) electrons. The molecule has 2 heteroatoms. The van der Waals surface area contributed by atoms with Crippen LogP contribution in [0.25, 0.3) is 0 Å². The van der Waals surface area contributed by atoms with Gasteiger partial charge in [0.15, 0.2) is 0 Å². The van der Waals surface area contributed by atoms with Crippen LogP contribution in [-0.4, -0.2) is 46.6 Å². The van der Waals surface area contributed by atoms with Crippen LogP contribution in [0.3, 0.4) is 0 Å². The highest BCUT2D eigenvalue weighted by Crippen LogP contribution is 2.43. The maximum atomic E-state index is 2.72. The van der Waals surface area contributed by atoms with Gasteiger partial charge in [-0.25, -0.2) is 0 Å². The van der Waals surface area contributed by atoms with Crippen molar-refractivity contribution >= 4 is 0 Å². The summed E-state index contributed by atoms with van der Waals surface area (Å²) in [6.45, 7) is 15.6. The third kappa shape index (κ3) is 1.83. The molecule has 0 aromatic carbocycles. The van der Waals surface area contributed by atoms with Crippen molar-refractivity contribution in [2.45, 2.75) is 64.6 Å². The molecule has 2 nitrogen and oxygen atoms in total. The Bertz CT molecular complexity index is 241. The minimum absolute atomic E-state index is 0.352. The van der Waals surface area contributed by atoms with E-state index in [1.807, 2.05) is 0 Å². The lowest BCUT2D eigenvalue weighted by atomic mass is 9.79. The first-order valence-electron chi connectivity index (χ1n) is 6.37. The molecule has 88 valence electrons. The Morgan fingerprint density at radius 2 is 1.67 bits per heavy atom. The van der Waals surface area contributed by atoms with Crippen molar-refractivity contribution in [3.05, 3.63) is 0 Å². The molecule has 0 aromatic heterocycles. The number of rotatable bonds is 1. The fraction of sp³-hybridized carbons (Fsp3) is 1.00. The lowest BCUT2D eigenvalue weighted by molar-refractivity contribution is -0.0743. The van der Waals surface area contributed by atoms with E-state index in [9.17, 15) is 0 Å². The SMILES string of the molecule is CC(C)N1CCC2(CCN2C(C)(C)C)C1. The van der Waals surface area contributed by atoms with Gasteiger partial charge < -0.3 is 0 Å². The minimum atomic E-state index is 0.352. The molecular weight excluding hydrogens is 184 g/mol. The zero-order valence-electron chi connectivity index (χ0n) is 11.0. The highest BCUT2D eigenvalue weighted by molar-refractivity contribution is 5.09. The van der Waals surface area contributed by atoms with Gasteiger partial charge in [0.05, 0.1) is 0 Å². The Kier molecular flexibility index (Phi) is 2.63. The molecule has 2 fully saturated rings. The van der Waals surface area contributed by atoms with E-state index in [0.29, 0.717) is 17.1 Å². The summed E-state index contributed by atoms with van der Waals surface area (Å²) in [6.07, 6.45) is 2.79. The lowest BCUT2D eigenvalue weighted by Gasteiger charge is -2.57. The highest BCUT2D eigenvalue weighted by Gasteiger charge is 2.52. The van der Waals surface area contributed by atoms with Crippen LogP contribution in [0.2, 0.25) is 0 Å². The first-order chi connectivity index (χ1) is 6.85. The van der Waals surface area contributed by atoms with Crippen molar-refractivity contribution in [2.75, 3.05) is 19.6 Å². The maximum absolute atomic E-state index is 2.72. The molecule has 2 saturated heterocycles. The number of hydrogen-bond acceptors (Lipinski definition) is 2. The molecule has 2 aliphatic heterocycles. The van der Waals surface area contributed by atoms with Crippen molar-refractivity contribution in [3.8, 4) is 0 Å². The highest BCUT2D eigenvalue weighted by atomic mass is 15.4. The van der Waals surface area contributed by atoms with Crippen molar-refractivity contribution in [2.24, 2.45) is 0 Å². The van der Waals surface area contributed by atoms with E-state index in [-0.39, 0.29) is 0 Å². The quantitative estimate of drug-likeness (QED) is 0.655. The fourth-order valence-corrected chi connectivity index (χ4v) is 3.34. The van der Waals surface area contributed by atoms with Gasteiger partial charge >= 0.3 is 0 Å². The standard InChI is InChI=1S/C13H26N2/c1-11(2)14-8-6-13(10-14)7-9-15(13)12(3,4)5/h11H,6-10H2,1-5H3. The molecule has 0 amide bonds. The van der Waals surface area contributed by atoms with Gasteiger partial charge in [0.25, 0.3) is 0 Å². The second kappa shape index (κ2) is 3.46. The predicted octanol–water partition coefficient (Wildman–Crippen LogP) is 2.34. The molecule has 2 aliphatic rings. The molecule has 0 saturated carbocycles. The van der Waals surface area contributed by atoms with Crippen LogP contribution in [0.1, 0.15) is 47.5 Å². The van der Waals surface area contributed by atoms with E-state index < -0.39 is 0 Å². The second-order valence-corrected chi connectivity index (χ2v) is 6.61. The van der Waals surface area contributed by atoms with Crippen LogP contribution in [0.5, 0.6) is 0 Å². The van der Waals surface area contributed by atoms with Crippen LogP contribution in [-0.2, 0) is 0 Å². The van der Waals surface area contributed by atoms with Crippen LogP contribution in [0, 0.1) is 0 Å². The summed E-state index contributed by atoms with van der Waals surface area (Å²) in [7, 11) is 0. The third-order valence-corrected chi connectivity index (χ3v) is 4.28. The largest absolute Gasteiger partial charge is 0.299 e. The van der Waals surface area contributed by atoms with Crippen LogP contribution < -0.4 is 0 Å². The third-order valence-electron chi connectivity index (χ3n) is 4.28. The van der Waals surface area contributed by atoms with Crippen molar-refractivity contribution < 1.29 is 0 Å². The van der Waals surface area contributed by atoms with Gasteiger partial charge in [-0.15, -0.1) is 0 Å². The molecule has 1 unspecified atom stereocenters.